The summed E-state index contributed by atoms with van der Waals surface area (Å²) in [4.78, 5) is 15.8. The number of ether oxygens (including phenoxy) is 2. The van der Waals surface area contributed by atoms with E-state index in [0.29, 0.717) is 12.5 Å². The molecular weight excluding hydrogens is 362 g/mol. The molecule has 2 saturated heterocycles. The van der Waals surface area contributed by atoms with Gasteiger partial charge in [0.2, 0.25) is 5.95 Å². The highest BCUT2D eigenvalue weighted by Crippen LogP contribution is 2.27. The second-order valence-electron chi connectivity index (χ2n) is 7.39. The van der Waals surface area contributed by atoms with Crippen molar-refractivity contribution in [3.63, 3.8) is 0 Å². The summed E-state index contributed by atoms with van der Waals surface area (Å²) < 4.78 is 11.9. The molecule has 0 aromatic carbocycles. The van der Waals surface area contributed by atoms with Gasteiger partial charge in [-0.05, 0) is 24.8 Å². The third-order valence-corrected chi connectivity index (χ3v) is 5.94. The van der Waals surface area contributed by atoms with Crippen molar-refractivity contribution in [2.45, 2.75) is 44.9 Å². The molecule has 2 aromatic heterocycles. The van der Waals surface area contributed by atoms with Crippen LogP contribution < -0.4 is 10.2 Å². The molecule has 3 unspecified atom stereocenters. The van der Waals surface area contributed by atoms with Crippen molar-refractivity contribution in [2.24, 2.45) is 5.92 Å². The van der Waals surface area contributed by atoms with Gasteiger partial charge in [0.1, 0.15) is 16.9 Å². The van der Waals surface area contributed by atoms with Crippen LogP contribution in [0, 0.1) is 5.92 Å². The number of anilines is 2. The molecule has 2 aromatic rings. The van der Waals surface area contributed by atoms with Crippen LogP contribution in [0.3, 0.4) is 0 Å². The molecule has 0 spiro atoms. The van der Waals surface area contributed by atoms with Gasteiger partial charge in [-0.15, -0.1) is 11.3 Å². The Bertz CT molecular complexity index is 727. The SMILES string of the molecule is CC(C)C1OCCCC1Nc1ccnc(N2CCOC(c3nccs3)C2)n1. The Labute approximate surface area is 164 Å². The second-order valence-corrected chi connectivity index (χ2v) is 8.32. The first-order valence-corrected chi connectivity index (χ1v) is 10.6. The minimum Gasteiger partial charge on any atom is -0.376 e. The van der Waals surface area contributed by atoms with Gasteiger partial charge in [-0.2, -0.15) is 4.98 Å². The average Bonchev–Trinajstić information content (AvgIpc) is 3.23. The molecule has 0 radical (unpaired) electrons. The maximum atomic E-state index is 5.99. The lowest BCUT2D eigenvalue weighted by molar-refractivity contribution is -0.0203. The monoisotopic (exact) mass is 389 g/mol. The number of morpholine rings is 1. The molecule has 0 aliphatic carbocycles. The van der Waals surface area contributed by atoms with Crippen LogP contribution in [0.25, 0.3) is 0 Å². The van der Waals surface area contributed by atoms with Crippen LogP contribution >= 0.6 is 11.3 Å². The third-order valence-electron chi connectivity index (χ3n) is 5.08. The Morgan fingerprint density at radius 3 is 2.96 bits per heavy atom. The first-order chi connectivity index (χ1) is 13.2. The zero-order valence-electron chi connectivity index (χ0n) is 15.9. The Morgan fingerprint density at radius 2 is 2.15 bits per heavy atom. The third kappa shape index (κ3) is 4.39. The summed E-state index contributed by atoms with van der Waals surface area (Å²) in [7, 11) is 0. The van der Waals surface area contributed by atoms with Crippen molar-refractivity contribution in [2.75, 3.05) is 36.5 Å². The molecule has 7 nitrogen and oxygen atoms in total. The molecule has 2 aliphatic heterocycles. The molecule has 0 saturated carbocycles. The van der Waals surface area contributed by atoms with E-state index in [1.165, 1.54) is 0 Å². The van der Waals surface area contributed by atoms with Gasteiger partial charge in [0, 0.05) is 30.9 Å². The Balaban J connectivity index is 1.45. The van der Waals surface area contributed by atoms with Gasteiger partial charge in [0.15, 0.2) is 0 Å². The Morgan fingerprint density at radius 1 is 1.22 bits per heavy atom. The van der Waals surface area contributed by atoms with Crippen LogP contribution in [0.2, 0.25) is 0 Å². The fraction of sp³-hybridized carbons (Fsp3) is 0.632. The van der Waals surface area contributed by atoms with Gasteiger partial charge in [-0.25, -0.2) is 9.97 Å². The van der Waals surface area contributed by atoms with Crippen LogP contribution in [-0.4, -0.2) is 53.4 Å². The first-order valence-electron chi connectivity index (χ1n) is 9.68. The molecule has 1 N–H and O–H groups in total. The number of nitrogens with one attached hydrogen (secondary N) is 1. The minimum absolute atomic E-state index is 0.0176. The lowest BCUT2D eigenvalue weighted by atomic mass is 9.94. The van der Waals surface area contributed by atoms with Gasteiger partial charge in [-0.1, -0.05) is 13.8 Å². The molecule has 4 heterocycles. The predicted octanol–water partition coefficient (Wildman–Crippen LogP) is 3.13. The maximum absolute atomic E-state index is 5.99. The minimum atomic E-state index is -0.0176. The standard InChI is InChI=1S/C19H27N5O2S/c1-13(2)17-14(4-3-9-26-17)22-16-5-6-21-19(23-16)24-8-10-25-15(12-24)18-20-7-11-27-18/h5-7,11,13-15,17H,3-4,8-10,12H2,1-2H3,(H,21,22,23). The summed E-state index contributed by atoms with van der Waals surface area (Å²) in [5, 5.41) is 6.58. The molecule has 2 aliphatic rings. The molecular formula is C19H27N5O2S. The molecule has 0 bridgehead atoms. The highest BCUT2D eigenvalue weighted by atomic mass is 32.1. The molecule has 146 valence electrons. The van der Waals surface area contributed by atoms with Gasteiger partial charge in [0.05, 0.1) is 25.3 Å². The van der Waals surface area contributed by atoms with Crippen LogP contribution in [0.1, 0.15) is 37.8 Å². The lowest BCUT2D eigenvalue weighted by Gasteiger charge is -2.35. The van der Waals surface area contributed by atoms with Gasteiger partial charge in [-0.3, -0.25) is 0 Å². The molecule has 3 atom stereocenters. The molecule has 0 amide bonds. The van der Waals surface area contributed by atoms with Gasteiger partial charge in [0.25, 0.3) is 0 Å². The summed E-state index contributed by atoms with van der Waals surface area (Å²) in [6, 6.07) is 2.23. The number of nitrogens with zero attached hydrogens (tertiary/aromatic N) is 4. The fourth-order valence-electron chi connectivity index (χ4n) is 3.76. The normalized spacial score (nSPS) is 26.3. The van der Waals surface area contributed by atoms with Crippen molar-refractivity contribution in [3.8, 4) is 0 Å². The van der Waals surface area contributed by atoms with E-state index < -0.39 is 0 Å². The zero-order chi connectivity index (χ0) is 18.6. The lowest BCUT2D eigenvalue weighted by Crippen LogP contribution is -2.43. The summed E-state index contributed by atoms with van der Waals surface area (Å²) in [5.74, 6) is 2.07. The van der Waals surface area contributed by atoms with Crippen molar-refractivity contribution in [3.05, 3.63) is 28.8 Å². The topological polar surface area (TPSA) is 72.4 Å². The van der Waals surface area contributed by atoms with Crippen molar-refractivity contribution in [1.82, 2.24) is 15.0 Å². The van der Waals surface area contributed by atoms with Crippen LogP contribution in [-0.2, 0) is 9.47 Å². The smallest absolute Gasteiger partial charge is 0.227 e. The molecule has 8 heteroatoms. The fourth-order valence-corrected chi connectivity index (χ4v) is 4.44. The first kappa shape index (κ1) is 18.6. The van der Waals surface area contributed by atoms with Crippen molar-refractivity contribution >= 4 is 23.1 Å². The van der Waals surface area contributed by atoms with Crippen molar-refractivity contribution < 1.29 is 9.47 Å². The van der Waals surface area contributed by atoms with Crippen LogP contribution in [0.15, 0.2) is 23.8 Å². The van der Waals surface area contributed by atoms with E-state index in [2.05, 4.69) is 34.0 Å². The van der Waals surface area contributed by atoms with E-state index >= 15 is 0 Å². The highest BCUT2D eigenvalue weighted by molar-refractivity contribution is 7.09. The molecule has 2 fully saturated rings. The molecule has 4 rings (SSSR count). The quantitative estimate of drug-likeness (QED) is 0.842. The summed E-state index contributed by atoms with van der Waals surface area (Å²) >= 11 is 1.63. The van der Waals surface area contributed by atoms with E-state index in [1.54, 1.807) is 11.3 Å². The number of aromatic nitrogens is 3. The Hall–Kier alpha value is -1.77. The maximum Gasteiger partial charge on any atom is 0.227 e. The number of hydrogen-bond acceptors (Lipinski definition) is 8. The summed E-state index contributed by atoms with van der Waals surface area (Å²) in [6.45, 7) is 7.43. The van der Waals surface area contributed by atoms with Crippen LogP contribution in [0.4, 0.5) is 11.8 Å². The van der Waals surface area contributed by atoms with Crippen molar-refractivity contribution in [1.29, 1.82) is 0 Å². The largest absolute Gasteiger partial charge is 0.376 e. The average molecular weight is 390 g/mol. The van der Waals surface area contributed by atoms with Gasteiger partial charge < -0.3 is 19.7 Å². The predicted molar refractivity (Wildman–Crippen MR) is 106 cm³/mol. The molecule has 27 heavy (non-hydrogen) atoms. The summed E-state index contributed by atoms with van der Waals surface area (Å²) in [6.07, 6.45) is 6.03. The Kier molecular flexibility index (Phi) is 5.85. The second kappa shape index (κ2) is 8.50. The van der Waals surface area contributed by atoms with Gasteiger partial charge >= 0.3 is 0 Å². The zero-order valence-corrected chi connectivity index (χ0v) is 16.7. The number of thiazole rings is 1. The number of hydrogen-bond donors (Lipinski definition) is 1. The van der Waals surface area contributed by atoms with Crippen LogP contribution in [0.5, 0.6) is 0 Å². The number of rotatable bonds is 5. The van der Waals surface area contributed by atoms with E-state index in [9.17, 15) is 0 Å². The van der Waals surface area contributed by atoms with E-state index in [1.807, 2.05) is 23.8 Å². The van der Waals surface area contributed by atoms with E-state index in [-0.39, 0.29) is 18.2 Å². The summed E-state index contributed by atoms with van der Waals surface area (Å²) in [5.41, 5.74) is 0. The van der Waals surface area contributed by atoms with E-state index in [0.717, 1.165) is 49.3 Å². The highest BCUT2D eigenvalue weighted by Gasteiger charge is 2.29. The van der Waals surface area contributed by atoms with E-state index in [4.69, 9.17) is 14.5 Å².